The predicted octanol–water partition coefficient (Wildman–Crippen LogP) is 0.956. The Hall–Kier alpha value is -0.570. The van der Waals surface area contributed by atoms with Gasteiger partial charge in [-0.25, -0.2) is 0 Å². The number of carbonyl (C=O) groups is 1. The first-order chi connectivity index (χ1) is 6.22. The summed E-state index contributed by atoms with van der Waals surface area (Å²) >= 11 is 0. The van der Waals surface area contributed by atoms with Crippen molar-refractivity contribution in [3.63, 3.8) is 0 Å². The van der Waals surface area contributed by atoms with Crippen molar-refractivity contribution in [3.8, 4) is 0 Å². The van der Waals surface area contributed by atoms with E-state index in [1.54, 1.807) is 0 Å². The number of aliphatic hydroxyl groups is 1. The van der Waals surface area contributed by atoms with Crippen LogP contribution in [0.4, 0.5) is 0 Å². The van der Waals surface area contributed by atoms with Gasteiger partial charge in [0.1, 0.15) is 6.10 Å². The van der Waals surface area contributed by atoms with Gasteiger partial charge in [0.2, 0.25) is 0 Å². The maximum Gasteiger partial charge on any atom is 0.309 e. The molecule has 0 unspecified atom stereocenters. The van der Waals surface area contributed by atoms with Crippen LogP contribution < -0.4 is 0 Å². The fraction of sp³-hybridized carbons (Fsp3) is 0.900. The molecule has 0 aromatic heterocycles. The molecule has 3 nitrogen and oxygen atoms in total. The van der Waals surface area contributed by atoms with Crippen LogP contribution in [-0.4, -0.2) is 23.8 Å². The van der Waals surface area contributed by atoms with E-state index in [0.717, 1.165) is 19.3 Å². The SMILES string of the molecule is C[C@@H]1C(=O)O[C@@H]2C[C@H](CO)CC[C@H]12. The molecule has 1 saturated heterocycles. The molecule has 1 N–H and O–H groups in total. The van der Waals surface area contributed by atoms with E-state index in [0.29, 0.717) is 11.8 Å². The molecule has 0 bridgehead atoms. The highest BCUT2D eigenvalue weighted by Gasteiger charge is 2.44. The molecule has 74 valence electrons. The number of carbonyl (C=O) groups excluding carboxylic acids is 1. The maximum atomic E-state index is 11.3. The average Bonchev–Trinajstić information content (AvgIpc) is 2.42. The molecule has 1 aliphatic carbocycles. The lowest BCUT2D eigenvalue weighted by molar-refractivity contribution is -0.144. The molecule has 0 aromatic rings. The zero-order valence-corrected chi connectivity index (χ0v) is 7.90. The van der Waals surface area contributed by atoms with E-state index >= 15 is 0 Å². The third-order valence-corrected chi connectivity index (χ3v) is 3.49. The summed E-state index contributed by atoms with van der Waals surface area (Å²) in [5.41, 5.74) is 0. The number of fused-ring (bicyclic) bond motifs is 1. The van der Waals surface area contributed by atoms with Crippen LogP contribution in [-0.2, 0) is 9.53 Å². The lowest BCUT2D eigenvalue weighted by Crippen LogP contribution is -2.29. The Labute approximate surface area is 78.1 Å². The van der Waals surface area contributed by atoms with Crippen LogP contribution >= 0.6 is 0 Å². The molecule has 1 aliphatic heterocycles. The number of ether oxygens (including phenoxy) is 1. The molecule has 2 fully saturated rings. The van der Waals surface area contributed by atoms with Crippen molar-refractivity contribution in [2.24, 2.45) is 17.8 Å². The normalized spacial score (nSPS) is 44.3. The second kappa shape index (κ2) is 3.29. The van der Waals surface area contributed by atoms with Gasteiger partial charge in [-0.15, -0.1) is 0 Å². The number of hydrogen-bond donors (Lipinski definition) is 1. The second-order valence-corrected chi connectivity index (χ2v) is 4.29. The standard InChI is InChI=1S/C10H16O3/c1-6-8-3-2-7(5-11)4-9(8)13-10(6)12/h6-9,11H,2-5H2,1H3/t6-,7+,8+,9+/m0/s1. The summed E-state index contributed by atoms with van der Waals surface area (Å²) in [5.74, 6) is 0.785. The van der Waals surface area contributed by atoms with Crippen LogP contribution in [0, 0.1) is 17.8 Å². The van der Waals surface area contributed by atoms with Gasteiger partial charge in [-0.1, -0.05) is 6.92 Å². The quantitative estimate of drug-likeness (QED) is 0.617. The van der Waals surface area contributed by atoms with Crippen molar-refractivity contribution in [1.82, 2.24) is 0 Å². The van der Waals surface area contributed by atoms with E-state index in [9.17, 15) is 4.79 Å². The average molecular weight is 184 g/mol. The van der Waals surface area contributed by atoms with E-state index in [1.165, 1.54) is 0 Å². The first kappa shape index (κ1) is 9.00. The minimum absolute atomic E-state index is 0.0476. The number of aliphatic hydroxyl groups excluding tert-OH is 1. The third kappa shape index (κ3) is 1.46. The lowest BCUT2D eigenvalue weighted by Gasteiger charge is -2.29. The van der Waals surface area contributed by atoms with Gasteiger partial charge >= 0.3 is 5.97 Å². The Morgan fingerprint density at radius 2 is 2.31 bits per heavy atom. The van der Waals surface area contributed by atoms with Crippen LogP contribution in [0.15, 0.2) is 0 Å². The van der Waals surface area contributed by atoms with Gasteiger partial charge in [-0.3, -0.25) is 4.79 Å². The molecule has 1 heterocycles. The summed E-state index contributed by atoms with van der Waals surface area (Å²) < 4.78 is 5.26. The molecular weight excluding hydrogens is 168 g/mol. The highest BCUT2D eigenvalue weighted by molar-refractivity contribution is 5.74. The van der Waals surface area contributed by atoms with Crippen molar-refractivity contribution in [3.05, 3.63) is 0 Å². The van der Waals surface area contributed by atoms with E-state index in [-0.39, 0.29) is 24.6 Å². The maximum absolute atomic E-state index is 11.3. The van der Waals surface area contributed by atoms with Gasteiger partial charge in [0.05, 0.1) is 5.92 Å². The minimum Gasteiger partial charge on any atom is -0.462 e. The third-order valence-electron chi connectivity index (χ3n) is 3.49. The van der Waals surface area contributed by atoms with Crippen molar-refractivity contribution in [1.29, 1.82) is 0 Å². The molecular formula is C10H16O3. The van der Waals surface area contributed by atoms with Gasteiger partial charge in [0.15, 0.2) is 0 Å². The fourth-order valence-corrected chi connectivity index (χ4v) is 2.54. The first-order valence-electron chi connectivity index (χ1n) is 5.03. The zero-order valence-electron chi connectivity index (χ0n) is 7.90. The number of hydrogen-bond acceptors (Lipinski definition) is 3. The van der Waals surface area contributed by atoms with Gasteiger partial charge in [0, 0.05) is 12.5 Å². The summed E-state index contributed by atoms with van der Waals surface area (Å²) in [5, 5.41) is 9.00. The second-order valence-electron chi connectivity index (χ2n) is 4.29. The molecule has 2 aliphatic rings. The van der Waals surface area contributed by atoms with Crippen molar-refractivity contribution >= 4 is 5.97 Å². The van der Waals surface area contributed by atoms with E-state index < -0.39 is 0 Å². The topological polar surface area (TPSA) is 46.5 Å². The van der Waals surface area contributed by atoms with Crippen LogP contribution in [0.1, 0.15) is 26.2 Å². The molecule has 2 rings (SSSR count). The van der Waals surface area contributed by atoms with E-state index in [4.69, 9.17) is 9.84 Å². The van der Waals surface area contributed by atoms with Crippen LogP contribution in [0.25, 0.3) is 0 Å². The number of esters is 1. The Bertz CT molecular complexity index is 214. The summed E-state index contributed by atoms with van der Waals surface area (Å²) in [6, 6.07) is 0. The highest BCUT2D eigenvalue weighted by Crippen LogP contribution is 2.40. The largest absolute Gasteiger partial charge is 0.462 e. The van der Waals surface area contributed by atoms with Gasteiger partial charge in [-0.05, 0) is 25.2 Å². The van der Waals surface area contributed by atoms with Crippen molar-refractivity contribution in [2.45, 2.75) is 32.3 Å². The Morgan fingerprint density at radius 1 is 1.54 bits per heavy atom. The smallest absolute Gasteiger partial charge is 0.309 e. The molecule has 0 spiro atoms. The molecule has 0 radical (unpaired) electrons. The summed E-state index contributed by atoms with van der Waals surface area (Å²) in [4.78, 5) is 11.3. The van der Waals surface area contributed by atoms with Crippen LogP contribution in [0.2, 0.25) is 0 Å². The van der Waals surface area contributed by atoms with Crippen LogP contribution in [0.3, 0.4) is 0 Å². The molecule has 4 atom stereocenters. The monoisotopic (exact) mass is 184 g/mol. The Kier molecular flexibility index (Phi) is 2.28. The Balaban J connectivity index is 2.03. The molecule has 1 saturated carbocycles. The summed E-state index contributed by atoms with van der Waals surface area (Å²) in [7, 11) is 0. The summed E-state index contributed by atoms with van der Waals surface area (Å²) in [6.45, 7) is 2.18. The molecule has 13 heavy (non-hydrogen) atoms. The first-order valence-corrected chi connectivity index (χ1v) is 5.03. The highest BCUT2D eigenvalue weighted by atomic mass is 16.6. The lowest BCUT2D eigenvalue weighted by atomic mass is 9.76. The minimum atomic E-state index is -0.0476. The van der Waals surface area contributed by atoms with Gasteiger partial charge in [0.25, 0.3) is 0 Å². The fourth-order valence-electron chi connectivity index (χ4n) is 2.54. The molecule has 3 heteroatoms. The molecule has 0 aromatic carbocycles. The van der Waals surface area contributed by atoms with Crippen molar-refractivity contribution in [2.75, 3.05) is 6.61 Å². The predicted molar refractivity (Wildman–Crippen MR) is 47.0 cm³/mol. The van der Waals surface area contributed by atoms with Gasteiger partial charge < -0.3 is 9.84 Å². The summed E-state index contributed by atoms with van der Waals surface area (Å²) in [6.07, 6.45) is 3.02. The van der Waals surface area contributed by atoms with Crippen molar-refractivity contribution < 1.29 is 14.6 Å². The number of rotatable bonds is 1. The van der Waals surface area contributed by atoms with E-state index in [2.05, 4.69) is 0 Å². The van der Waals surface area contributed by atoms with Crippen LogP contribution in [0.5, 0.6) is 0 Å². The van der Waals surface area contributed by atoms with Gasteiger partial charge in [-0.2, -0.15) is 0 Å². The Morgan fingerprint density at radius 3 is 3.00 bits per heavy atom. The van der Waals surface area contributed by atoms with E-state index in [1.807, 2.05) is 6.92 Å². The zero-order chi connectivity index (χ0) is 9.42. The molecule has 0 amide bonds.